The SMILES string of the molecule is Cc1ccc(CNS(=O)(=O)c2ccc(Br)c(N)c2)cc1. The Labute approximate surface area is 127 Å². The van der Waals surface area contributed by atoms with Crippen molar-refractivity contribution in [2.75, 3.05) is 5.73 Å². The lowest BCUT2D eigenvalue weighted by Crippen LogP contribution is -2.23. The van der Waals surface area contributed by atoms with Gasteiger partial charge in [-0.1, -0.05) is 29.8 Å². The van der Waals surface area contributed by atoms with Crippen molar-refractivity contribution in [1.29, 1.82) is 0 Å². The van der Waals surface area contributed by atoms with Gasteiger partial charge in [0.25, 0.3) is 0 Å². The van der Waals surface area contributed by atoms with E-state index in [0.717, 1.165) is 11.1 Å². The van der Waals surface area contributed by atoms with Crippen molar-refractivity contribution in [2.45, 2.75) is 18.4 Å². The number of nitrogen functional groups attached to an aromatic ring is 1. The molecule has 0 saturated heterocycles. The van der Waals surface area contributed by atoms with Gasteiger partial charge in [-0.25, -0.2) is 13.1 Å². The second kappa shape index (κ2) is 5.95. The number of halogens is 1. The smallest absolute Gasteiger partial charge is 0.240 e. The number of hydrogen-bond donors (Lipinski definition) is 2. The van der Waals surface area contributed by atoms with Crippen molar-refractivity contribution < 1.29 is 8.42 Å². The summed E-state index contributed by atoms with van der Waals surface area (Å²) in [5.74, 6) is 0. The summed E-state index contributed by atoms with van der Waals surface area (Å²) in [5.41, 5.74) is 8.14. The zero-order chi connectivity index (χ0) is 14.8. The molecule has 3 N–H and O–H groups in total. The first-order valence-corrected chi connectivity index (χ1v) is 8.26. The van der Waals surface area contributed by atoms with E-state index in [2.05, 4.69) is 20.7 Å². The average molecular weight is 355 g/mol. The highest BCUT2D eigenvalue weighted by Gasteiger charge is 2.14. The second-order valence-corrected chi connectivity index (χ2v) is 7.11. The van der Waals surface area contributed by atoms with Crippen LogP contribution in [0.25, 0.3) is 0 Å². The summed E-state index contributed by atoms with van der Waals surface area (Å²) in [6.45, 7) is 2.23. The molecule has 2 rings (SSSR count). The lowest BCUT2D eigenvalue weighted by molar-refractivity contribution is 0.581. The Balaban J connectivity index is 2.14. The third kappa shape index (κ3) is 3.59. The van der Waals surface area contributed by atoms with Gasteiger partial charge in [-0.2, -0.15) is 0 Å². The standard InChI is InChI=1S/C14H15BrN2O2S/c1-10-2-4-11(5-3-10)9-17-20(18,19)12-6-7-13(15)14(16)8-12/h2-8,17H,9,16H2,1H3. The Hall–Kier alpha value is -1.37. The normalized spacial score (nSPS) is 11.5. The zero-order valence-electron chi connectivity index (χ0n) is 10.9. The van der Waals surface area contributed by atoms with Gasteiger partial charge >= 0.3 is 0 Å². The zero-order valence-corrected chi connectivity index (χ0v) is 13.3. The molecule has 0 saturated carbocycles. The molecule has 6 heteroatoms. The van der Waals surface area contributed by atoms with Gasteiger partial charge in [-0.05, 0) is 46.6 Å². The molecule has 20 heavy (non-hydrogen) atoms. The molecule has 0 aliphatic rings. The number of benzene rings is 2. The number of rotatable bonds is 4. The van der Waals surface area contributed by atoms with E-state index < -0.39 is 10.0 Å². The van der Waals surface area contributed by atoms with Gasteiger partial charge in [0.05, 0.1) is 4.90 Å². The first kappa shape index (κ1) is 15.0. The Kier molecular flexibility index (Phi) is 4.47. The molecule has 0 radical (unpaired) electrons. The molecule has 0 aromatic heterocycles. The minimum atomic E-state index is -3.56. The molecule has 0 spiro atoms. The van der Waals surface area contributed by atoms with Gasteiger partial charge in [0.15, 0.2) is 0 Å². The Morgan fingerprint density at radius 3 is 2.40 bits per heavy atom. The quantitative estimate of drug-likeness (QED) is 0.829. The molecule has 0 bridgehead atoms. The minimum absolute atomic E-state index is 0.158. The molecule has 0 aliphatic carbocycles. The fourth-order valence-corrected chi connectivity index (χ4v) is 2.96. The van der Waals surface area contributed by atoms with Crippen LogP contribution in [-0.4, -0.2) is 8.42 Å². The highest BCUT2D eigenvalue weighted by atomic mass is 79.9. The summed E-state index contributed by atoms with van der Waals surface area (Å²) in [6.07, 6.45) is 0. The van der Waals surface area contributed by atoms with Gasteiger partial charge < -0.3 is 5.73 Å². The summed E-state index contributed by atoms with van der Waals surface area (Å²) >= 11 is 3.24. The molecule has 0 atom stereocenters. The van der Waals surface area contributed by atoms with Crippen LogP contribution < -0.4 is 10.5 Å². The van der Waals surface area contributed by atoms with Crippen molar-refractivity contribution in [2.24, 2.45) is 0 Å². The Morgan fingerprint density at radius 2 is 1.80 bits per heavy atom. The van der Waals surface area contributed by atoms with E-state index in [1.54, 1.807) is 6.07 Å². The maximum absolute atomic E-state index is 12.2. The molecule has 2 aromatic carbocycles. The summed E-state index contributed by atoms with van der Waals surface area (Å²) in [5, 5.41) is 0. The molecule has 0 unspecified atom stereocenters. The molecule has 106 valence electrons. The Bertz CT molecular complexity index is 712. The fourth-order valence-electron chi connectivity index (χ4n) is 1.66. The number of hydrogen-bond acceptors (Lipinski definition) is 3. The summed E-state index contributed by atoms with van der Waals surface area (Å²) in [7, 11) is -3.56. The van der Waals surface area contributed by atoms with Gasteiger partial charge in [0.1, 0.15) is 0 Å². The van der Waals surface area contributed by atoms with Crippen LogP contribution in [-0.2, 0) is 16.6 Å². The van der Waals surface area contributed by atoms with Crippen LogP contribution in [0, 0.1) is 6.92 Å². The lowest BCUT2D eigenvalue weighted by atomic mass is 10.2. The van der Waals surface area contributed by atoms with Crippen LogP contribution in [0.4, 0.5) is 5.69 Å². The largest absolute Gasteiger partial charge is 0.398 e. The molecular weight excluding hydrogens is 340 g/mol. The number of sulfonamides is 1. The van der Waals surface area contributed by atoms with Crippen LogP contribution in [0.1, 0.15) is 11.1 Å². The molecule has 0 fully saturated rings. The monoisotopic (exact) mass is 354 g/mol. The van der Waals surface area contributed by atoms with Crippen LogP contribution in [0.3, 0.4) is 0 Å². The third-order valence-electron chi connectivity index (χ3n) is 2.86. The number of nitrogens with two attached hydrogens (primary N) is 1. The maximum atomic E-state index is 12.2. The predicted molar refractivity (Wildman–Crippen MR) is 83.8 cm³/mol. The van der Waals surface area contributed by atoms with Crippen molar-refractivity contribution in [3.63, 3.8) is 0 Å². The molecule has 4 nitrogen and oxygen atoms in total. The van der Waals surface area contributed by atoms with E-state index >= 15 is 0 Å². The van der Waals surface area contributed by atoms with E-state index in [1.165, 1.54) is 12.1 Å². The lowest BCUT2D eigenvalue weighted by Gasteiger charge is -2.08. The van der Waals surface area contributed by atoms with Crippen LogP contribution >= 0.6 is 15.9 Å². The summed E-state index contributed by atoms with van der Waals surface area (Å²) in [4.78, 5) is 0.158. The topological polar surface area (TPSA) is 72.2 Å². The molecule has 0 heterocycles. The van der Waals surface area contributed by atoms with E-state index in [0.29, 0.717) is 10.2 Å². The van der Waals surface area contributed by atoms with Crippen molar-refractivity contribution in [3.05, 3.63) is 58.1 Å². The van der Waals surface area contributed by atoms with Gasteiger partial charge in [-0.3, -0.25) is 0 Å². The van der Waals surface area contributed by atoms with Crippen LogP contribution in [0.2, 0.25) is 0 Å². The minimum Gasteiger partial charge on any atom is -0.398 e. The van der Waals surface area contributed by atoms with Crippen LogP contribution in [0.5, 0.6) is 0 Å². The van der Waals surface area contributed by atoms with E-state index in [-0.39, 0.29) is 11.4 Å². The number of aryl methyl sites for hydroxylation is 1. The highest BCUT2D eigenvalue weighted by molar-refractivity contribution is 9.10. The van der Waals surface area contributed by atoms with Gasteiger partial charge in [0.2, 0.25) is 10.0 Å². The van der Waals surface area contributed by atoms with Crippen LogP contribution in [0.15, 0.2) is 51.8 Å². The first-order chi connectivity index (χ1) is 9.38. The van der Waals surface area contributed by atoms with E-state index in [1.807, 2.05) is 31.2 Å². The molecule has 0 aliphatic heterocycles. The maximum Gasteiger partial charge on any atom is 0.240 e. The van der Waals surface area contributed by atoms with E-state index in [9.17, 15) is 8.42 Å². The Morgan fingerprint density at radius 1 is 1.15 bits per heavy atom. The first-order valence-electron chi connectivity index (χ1n) is 5.99. The number of nitrogens with one attached hydrogen (secondary N) is 1. The van der Waals surface area contributed by atoms with Gasteiger partial charge in [-0.15, -0.1) is 0 Å². The van der Waals surface area contributed by atoms with E-state index in [4.69, 9.17) is 5.73 Å². The van der Waals surface area contributed by atoms with Crippen molar-refractivity contribution in [1.82, 2.24) is 4.72 Å². The summed E-state index contributed by atoms with van der Waals surface area (Å²) in [6, 6.07) is 12.2. The summed E-state index contributed by atoms with van der Waals surface area (Å²) < 4.78 is 27.5. The average Bonchev–Trinajstić information content (AvgIpc) is 2.41. The molecular formula is C14H15BrN2O2S. The highest BCUT2D eigenvalue weighted by Crippen LogP contribution is 2.22. The van der Waals surface area contributed by atoms with Crippen molar-refractivity contribution >= 4 is 31.6 Å². The fraction of sp³-hybridized carbons (Fsp3) is 0.143. The second-order valence-electron chi connectivity index (χ2n) is 4.49. The third-order valence-corrected chi connectivity index (χ3v) is 4.99. The van der Waals surface area contributed by atoms with Crippen molar-refractivity contribution in [3.8, 4) is 0 Å². The number of anilines is 1. The van der Waals surface area contributed by atoms with Gasteiger partial charge in [0, 0.05) is 16.7 Å². The predicted octanol–water partition coefficient (Wildman–Crippen LogP) is 2.82. The molecule has 2 aromatic rings. The molecule has 0 amide bonds.